The number of hydrogen-bond acceptors (Lipinski definition) is 2. The van der Waals surface area contributed by atoms with E-state index in [4.69, 9.17) is 0 Å². The molecule has 2 rings (SSSR count). The number of aromatic nitrogens is 1. The SMILES string of the molecule is Cc1ccc(C(=O)N(C)CCCN2CCCCCC2)n1C. The summed E-state index contributed by atoms with van der Waals surface area (Å²) in [6, 6.07) is 3.92. The molecule has 0 unspecified atom stereocenters. The van der Waals surface area contributed by atoms with E-state index in [9.17, 15) is 4.79 Å². The van der Waals surface area contributed by atoms with Crippen LogP contribution in [0.15, 0.2) is 12.1 Å². The molecule has 1 aromatic heterocycles. The fourth-order valence-electron chi connectivity index (χ4n) is 3.02. The van der Waals surface area contributed by atoms with Gasteiger partial charge in [-0.25, -0.2) is 0 Å². The van der Waals surface area contributed by atoms with E-state index < -0.39 is 0 Å². The van der Waals surface area contributed by atoms with Crippen molar-refractivity contribution in [1.82, 2.24) is 14.4 Å². The number of nitrogens with zero attached hydrogens (tertiary/aromatic N) is 3. The summed E-state index contributed by atoms with van der Waals surface area (Å²) in [6.07, 6.45) is 6.48. The van der Waals surface area contributed by atoms with Crippen LogP contribution in [0.2, 0.25) is 0 Å². The van der Waals surface area contributed by atoms with Crippen LogP contribution in [0.25, 0.3) is 0 Å². The number of amides is 1. The summed E-state index contributed by atoms with van der Waals surface area (Å²) in [5.41, 5.74) is 1.90. The van der Waals surface area contributed by atoms with Gasteiger partial charge in [-0.2, -0.15) is 0 Å². The summed E-state index contributed by atoms with van der Waals surface area (Å²) in [4.78, 5) is 16.8. The van der Waals surface area contributed by atoms with Gasteiger partial charge in [-0.1, -0.05) is 12.8 Å². The van der Waals surface area contributed by atoms with Crippen molar-refractivity contribution in [2.75, 3.05) is 33.2 Å². The molecule has 0 atom stereocenters. The van der Waals surface area contributed by atoms with E-state index >= 15 is 0 Å². The topological polar surface area (TPSA) is 28.5 Å². The van der Waals surface area contributed by atoms with Gasteiger partial charge in [-0.3, -0.25) is 4.79 Å². The van der Waals surface area contributed by atoms with Crippen molar-refractivity contribution in [2.24, 2.45) is 7.05 Å². The van der Waals surface area contributed by atoms with Crippen LogP contribution in [-0.2, 0) is 7.05 Å². The fourth-order valence-corrected chi connectivity index (χ4v) is 3.02. The molecular weight excluding hydrogens is 262 g/mol. The lowest BCUT2D eigenvalue weighted by Gasteiger charge is -2.22. The molecule has 118 valence electrons. The molecule has 4 heteroatoms. The molecule has 0 aromatic carbocycles. The van der Waals surface area contributed by atoms with Crippen molar-refractivity contribution >= 4 is 5.91 Å². The summed E-state index contributed by atoms with van der Waals surface area (Å²) in [5, 5.41) is 0. The maximum Gasteiger partial charge on any atom is 0.270 e. The number of carbonyl (C=O) groups is 1. The quantitative estimate of drug-likeness (QED) is 0.834. The third-order valence-electron chi connectivity index (χ3n) is 4.61. The van der Waals surface area contributed by atoms with Gasteiger partial charge in [0.15, 0.2) is 0 Å². The van der Waals surface area contributed by atoms with E-state index in [-0.39, 0.29) is 5.91 Å². The minimum atomic E-state index is 0.126. The van der Waals surface area contributed by atoms with Crippen LogP contribution in [-0.4, -0.2) is 53.5 Å². The van der Waals surface area contributed by atoms with Gasteiger partial charge >= 0.3 is 0 Å². The van der Waals surface area contributed by atoms with Gasteiger partial charge in [0, 0.05) is 26.3 Å². The second-order valence-corrected chi connectivity index (χ2v) is 6.26. The van der Waals surface area contributed by atoms with Gasteiger partial charge < -0.3 is 14.4 Å². The highest BCUT2D eigenvalue weighted by Gasteiger charge is 2.16. The number of carbonyl (C=O) groups excluding carboxylic acids is 1. The zero-order valence-electron chi connectivity index (χ0n) is 13.8. The average Bonchev–Trinajstić information content (AvgIpc) is 2.70. The third kappa shape index (κ3) is 4.34. The van der Waals surface area contributed by atoms with Crippen LogP contribution in [0.3, 0.4) is 0 Å². The first kappa shape index (κ1) is 16.1. The molecular formula is C17H29N3O. The predicted octanol–water partition coefficient (Wildman–Crippen LogP) is 2.67. The number of rotatable bonds is 5. The lowest BCUT2D eigenvalue weighted by Crippen LogP contribution is -2.33. The molecule has 1 aromatic rings. The first-order valence-electron chi connectivity index (χ1n) is 8.19. The molecule has 1 fully saturated rings. The summed E-state index contributed by atoms with van der Waals surface area (Å²) < 4.78 is 1.97. The van der Waals surface area contributed by atoms with Gasteiger partial charge in [-0.05, 0) is 58.0 Å². The monoisotopic (exact) mass is 291 g/mol. The summed E-state index contributed by atoms with van der Waals surface area (Å²) in [5.74, 6) is 0.126. The van der Waals surface area contributed by atoms with E-state index in [1.165, 1.54) is 38.8 Å². The zero-order valence-corrected chi connectivity index (χ0v) is 13.8. The van der Waals surface area contributed by atoms with Crippen LogP contribution in [0.5, 0.6) is 0 Å². The molecule has 4 nitrogen and oxygen atoms in total. The second-order valence-electron chi connectivity index (χ2n) is 6.26. The average molecular weight is 291 g/mol. The van der Waals surface area contributed by atoms with Crippen molar-refractivity contribution in [3.05, 3.63) is 23.5 Å². The highest BCUT2D eigenvalue weighted by Crippen LogP contribution is 2.11. The van der Waals surface area contributed by atoms with Crippen molar-refractivity contribution in [3.8, 4) is 0 Å². The minimum Gasteiger partial charge on any atom is -0.344 e. The van der Waals surface area contributed by atoms with Crippen LogP contribution in [0.4, 0.5) is 0 Å². The highest BCUT2D eigenvalue weighted by atomic mass is 16.2. The molecule has 1 amide bonds. The van der Waals surface area contributed by atoms with E-state index in [0.29, 0.717) is 0 Å². The Balaban J connectivity index is 1.77. The first-order valence-corrected chi connectivity index (χ1v) is 8.19. The lowest BCUT2D eigenvalue weighted by atomic mass is 10.2. The Labute approximate surface area is 128 Å². The molecule has 0 N–H and O–H groups in total. The normalized spacial score (nSPS) is 16.7. The third-order valence-corrected chi connectivity index (χ3v) is 4.61. The number of hydrogen-bond donors (Lipinski definition) is 0. The molecule has 0 aliphatic carbocycles. The fraction of sp³-hybridized carbons (Fsp3) is 0.706. The van der Waals surface area contributed by atoms with Gasteiger partial charge in [-0.15, -0.1) is 0 Å². The zero-order chi connectivity index (χ0) is 15.2. The molecule has 1 aliphatic rings. The van der Waals surface area contributed by atoms with Gasteiger partial charge in [0.2, 0.25) is 0 Å². The number of aryl methyl sites for hydroxylation is 1. The van der Waals surface area contributed by atoms with Crippen molar-refractivity contribution in [2.45, 2.75) is 39.0 Å². The van der Waals surface area contributed by atoms with E-state index in [2.05, 4.69) is 4.90 Å². The lowest BCUT2D eigenvalue weighted by molar-refractivity contribution is 0.0779. The Morgan fingerprint density at radius 3 is 2.43 bits per heavy atom. The van der Waals surface area contributed by atoms with Gasteiger partial charge in [0.1, 0.15) is 5.69 Å². The summed E-state index contributed by atoms with van der Waals surface area (Å²) in [6.45, 7) is 6.43. The molecule has 21 heavy (non-hydrogen) atoms. The number of likely N-dealkylation sites (tertiary alicyclic amines) is 1. The predicted molar refractivity (Wildman–Crippen MR) is 86.6 cm³/mol. The Morgan fingerprint density at radius 1 is 1.19 bits per heavy atom. The van der Waals surface area contributed by atoms with Gasteiger partial charge in [0.25, 0.3) is 5.91 Å². The van der Waals surface area contributed by atoms with Crippen molar-refractivity contribution in [1.29, 1.82) is 0 Å². The van der Waals surface area contributed by atoms with Crippen molar-refractivity contribution in [3.63, 3.8) is 0 Å². The van der Waals surface area contributed by atoms with Crippen LogP contribution < -0.4 is 0 Å². The summed E-state index contributed by atoms with van der Waals surface area (Å²) in [7, 11) is 3.86. The molecule has 2 heterocycles. The highest BCUT2D eigenvalue weighted by molar-refractivity contribution is 5.92. The molecule has 0 radical (unpaired) electrons. The maximum atomic E-state index is 12.4. The Kier molecular flexibility index (Phi) is 5.85. The first-order chi connectivity index (χ1) is 10.1. The largest absolute Gasteiger partial charge is 0.344 e. The minimum absolute atomic E-state index is 0.126. The maximum absolute atomic E-state index is 12.4. The summed E-state index contributed by atoms with van der Waals surface area (Å²) >= 11 is 0. The van der Waals surface area contributed by atoms with E-state index in [0.717, 1.165) is 30.9 Å². The molecule has 0 spiro atoms. The molecule has 1 saturated heterocycles. The van der Waals surface area contributed by atoms with Crippen LogP contribution in [0, 0.1) is 6.92 Å². The Hall–Kier alpha value is -1.29. The Morgan fingerprint density at radius 2 is 1.86 bits per heavy atom. The van der Waals surface area contributed by atoms with Crippen molar-refractivity contribution < 1.29 is 4.79 Å². The smallest absolute Gasteiger partial charge is 0.270 e. The molecule has 0 saturated carbocycles. The Bertz CT molecular complexity index is 459. The standard InChI is InChI=1S/C17H29N3O/c1-15-9-10-16(19(15)3)17(21)18(2)11-8-14-20-12-6-4-5-7-13-20/h9-10H,4-8,11-14H2,1-3H3. The van der Waals surface area contributed by atoms with Crippen LogP contribution in [0.1, 0.15) is 48.3 Å². The molecule has 0 bridgehead atoms. The van der Waals surface area contributed by atoms with Gasteiger partial charge in [0.05, 0.1) is 0 Å². The van der Waals surface area contributed by atoms with Crippen LogP contribution >= 0.6 is 0 Å². The van der Waals surface area contributed by atoms with E-state index in [1.807, 2.05) is 42.6 Å². The van der Waals surface area contributed by atoms with E-state index in [1.54, 1.807) is 0 Å². The second kappa shape index (κ2) is 7.64. The molecule has 1 aliphatic heterocycles.